The number of ether oxygens (including phenoxy) is 1. The molecule has 1 rings (SSSR count). The maximum absolute atomic E-state index is 10.9. The molecule has 0 aromatic heterocycles. The average Bonchev–Trinajstić information content (AvgIpc) is 1.83. The van der Waals surface area contributed by atoms with Gasteiger partial charge in [0.25, 0.3) is 0 Å². The van der Waals surface area contributed by atoms with Crippen molar-refractivity contribution in [2.45, 2.75) is 12.8 Å². The van der Waals surface area contributed by atoms with Crippen molar-refractivity contribution in [2.75, 3.05) is 7.11 Å². The number of carbonyl (C=O) groups excluding carboxylic acids is 2. The number of amides is 1. The lowest BCUT2D eigenvalue weighted by Gasteiger charge is -2.31. The first kappa shape index (κ1) is 8.04. The van der Waals surface area contributed by atoms with Crippen LogP contribution in [0.1, 0.15) is 12.8 Å². The zero-order valence-corrected chi connectivity index (χ0v) is 6.37. The second-order valence-corrected chi connectivity index (χ2v) is 2.72. The Morgan fingerprint density at radius 2 is 1.91 bits per heavy atom. The molecular weight excluding hydrogens is 146 g/mol. The van der Waals surface area contributed by atoms with Crippen molar-refractivity contribution in [1.29, 1.82) is 0 Å². The normalized spacial score (nSPS) is 28.8. The predicted molar refractivity (Wildman–Crippen MR) is 37.4 cm³/mol. The van der Waals surface area contributed by atoms with Gasteiger partial charge in [0.15, 0.2) is 0 Å². The van der Waals surface area contributed by atoms with Crippen LogP contribution in [0.4, 0.5) is 0 Å². The van der Waals surface area contributed by atoms with Crippen LogP contribution in [-0.4, -0.2) is 19.0 Å². The lowest BCUT2D eigenvalue weighted by atomic mass is 9.73. The van der Waals surface area contributed by atoms with Gasteiger partial charge in [-0.25, -0.2) is 0 Å². The summed E-state index contributed by atoms with van der Waals surface area (Å²) in [6, 6.07) is 0. The number of methoxy groups -OCH3 is 1. The summed E-state index contributed by atoms with van der Waals surface area (Å²) in [6.07, 6.45) is 1.44. The van der Waals surface area contributed by atoms with E-state index in [1.165, 1.54) is 7.11 Å². The standard InChI is InChI=1S/C7H11NO3/c1-11-7(10)5-3-2-4(5)6(8)9/h4-5H,2-3H2,1H3,(H2,8,9). The van der Waals surface area contributed by atoms with E-state index in [1.54, 1.807) is 0 Å². The molecule has 0 bridgehead atoms. The Balaban J connectivity index is 2.49. The van der Waals surface area contributed by atoms with Crippen LogP contribution in [0.15, 0.2) is 0 Å². The quantitative estimate of drug-likeness (QED) is 0.558. The third kappa shape index (κ3) is 1.34. The molecule has 4 heteroatoms. The molecule has 62 valence electrons. The van der Waals surface area contributed by atoms with Crippen LogP contribution in [0.5, 0.6) is 0 Å². The van der Waals surface area contributed by atoms with Gasteiger partial charge in [-0.15, -0.1) is 0 Å². The molecule has 4 nitrogen and oxygen atoms in total. The van der Waals surface area contributed by atoms with Gasteiger partial charge in [0, 0.05) is 0 Å². The van der Waals surface area contributed by atoms with Crippen molar-refractivity contribution in [3.05, 3.63) is 0 Å². The molecule has 0 spiro atoms. The second-order valence-electron chi connectivity index (χ2n) is 2.72. The Kier molecular flexibility index (Phi) is 2.12. The van der Waals surface area contributed by atoms with Crippen molar-refractivity contribution in [3.8, 4) is 0 Å². The molecule has 0 saturated heterocycles. The van der Waals surface area contributed by atoms with Gasteiger partial charge in [0.2, 0.25) is 5.91 Å². The number of esters is 1. The van der Waals surface area contributed by atoms with E-state index >= 15 is 0 Å². The van der Waals surface area contributed by atoms with E-state index in [0.717, 1.165) is 12.8 Å². The highest BCUT2D eigenvalue weighted by atomic mass is 16.5. The highest BCUT2D eigenvalue weighted by Crippen LogP contribution is 2.34. The highest BCUT2D eigenvalue weighted by molar-refractivity contribution is 5.85. The van der Waals surface area contributed by atoms with Gasteiger partial charge in [-0.05, 0) is 12.8 Å². The summed E-state index contributed by atoms with van der Waals surface area (Å²) in [7, 11) is 1.32. The number of hydrogen-bond acceptors (Lipinski definition) is 3. The summed E-state index contributed by atoms with van der Waals surface area (Å²) in [5, 5.41) is 0. The first-order valence-electron chi connectivity index (χ1n) is 3.54. The largest absolute Gasteiger partial charge is 0.469 e. The summed E-state index contributed by atoms with van der Waals surface area (Å²) >= 11 is 0. The summed E-state index contributed by atoms with van der Waals surface area (Å²) in [6.45, 7) is 0. The van der Waals surface area contributed by atoms with Crippen molar-refractivity contribution >= 4 is 11.9 Å². The Morgan fingerprint density at radius 1 is 1.36 bits per heavy atom. The molecule has 11 heavy (non-hydrogen) atoms. The minimum Gasteiger partial charge on any atom is -0.469 e. The Hall–Kier alpha value is -1.06. The third-order valence-electron chi connectivity index (χ3n) is 2.14. The van der Waals surface area contributed by atoms with Gasteiger partial charge in [0.1, 0.15) is 0 Å². The van der Waals surface area contributed by atoms with Gasteiger partial charge in [-0.1, -0.05) is 0 Å². The first-order chi connectivity index (χ1) is 5.16. The van der Waals surface area contributed by atoms with Crippen molar-refractivity contribution < 1.29 is 14.3 Å². The molecule has 0 radical (unpaired) electrons. The van der Waals surface area contributed by atoms with Crippen LogP contribution in [0.3, 0.4) is 0 Å². The van der Waals surface area contributed by atoms with E-state index < -0.39 is 5.91 Å². The maximum Gasteiger partial charge on any atom is 0.309 e. The lowest BCUT2D eigenvalue weighted by Crippen LogP contribution is -2.42. The number of nitrogens with two attached hydrogens (primary N) is 1. The van der Waals surface area contributed by atoms with Crippen molar-refractivity contribution in [3.63, 3.8) is 0 Å². The van der Waals surface area contributed by atoms with E-state index in [4.69, 9.17) is 5.73 Å². The van der Waals surface area contributed by atoms with E-state index in [1.807, 2.05) is 0 Å². The lowest BCUT2D eigenvalue weighted by molar-refractivity contribution is -0.155. The van der Waals surface area contributed by atoms with Gasteiger partial charge in [-0.3, -0.25) is 9.59 Å². The molecule has 1 fully saturated rings. The highest BCUT2D eigenvalue weighted by Gasteiger charge is 2.40. The molecule has 0 aliphatic heterocycles. The molecule has 2 atom stereocenters. The molecule has 0 aromatic carbocycles. The molecule has 0 heterocycles. The first-order valence-corrected chi connectivity index (χ1v) is 3.54. The zero-order chi connectivity index (χ0) is 8.43. The topological polar surface area (TPSA) is 69.4 Å². The minimum atomic E-state index is -0.397. The Morgan fingerprint density at radius 3 is 2.18 bits per heavy atom. The van der Waals surface area contributed by atoms with Crippen LogP contribution >= 0.6 is 0 Å². The van der Waals surface area contributed by atoms with Crippen molar-refractivity contribution in [2.24, 2.45) is 17.6 Å². The van der Waals surface area contributed by atoms with Crippen molar-refractivity contribution in [1.82, 2.24) is 0 Å². The molecule has 2 unspecified atom stereocenters. The third-order valence-corrected chi connectivity index (χ3v) is 2.14. The Bertz CT molecular complexity index is 190. The summed E-state index contributed by atoms with van der Waals surface area (Å²) in [5.41, 5.74) is 5.03. The Labute approximate surface area is 64.7 Å². The van der Waals surface area contributed by atoms with Gasteiger partial charge < -0.3 is 10.5 Å². The zero-order valence-electron chi connectivity index (χ0n) is 6.37. The molecule has 2 N–H and O–H groups in total. The van der Waals surface area contributed by atoms with Gasteiger partial charge in [0.05, 0.1) is 18.9 Å². The molecule has 1 aliphatic rings. The van der Waals surface area contributed by atoms with Crippen LogP contribution in [0.2, 0.25) is 0 Å². The van der Waals surface area contributed by atoms with Crippen LogP contribution in [-0.2, 0) is 14.3 Å². The molecule has 1 saturated carbocycles. The van der Waals surface area contributed by atoms with Crippen LogP contribution in [0, 0.1) is 11.8 Å². The van der Waals surface area contributed by atoms with Gasteiger partial charge in [-0.2, -0.15) is 0 Å². The monoisotopic (exact) mass is 157 g/mol. The fourth-order valence-corrected chi connectivity index (χ4v) is 1.27. The number of carbonyl (C=O) groups is 2. The van der Waals surface area contributed by atoms with E-state index in [9.17, 15) is 9.59 Å². The second kappa shape index (κ2) is 2.90. The molecule has 0 aromatic rings. The molecular formula is C7H11NO3. The van der Waals surface area contributed by atoms with E-state index in [2.05, 4.69) is 4.74 Å². The maximum atomic E-state index is 10.9. The van der Waals surface area contributed by atoms with Crippen LogP contribution < -0.4 is 5.73 Å². The van der Waals surface area contributed by atoms with E-state index in [0.29, 0.717) is 0 Å². The van der Waals surface area contributed by atoms with Gasteiger partial charge >= 0.3 is 5.97 Å². The average molecular weight is 157 g/mol. The van der Waals surface area contributed by atoms with E-state index in [-0.39, 0.29) is 17.8 Å². The number of primary amides is 1. The molecule has 1 aliphatic carbocycles. The molecule has 1 amide bonds. The number of hydrogen-bond donors (Lipinski definition) is 1. The summed E-state index contributed by atoms with van der Waals surface area (Å²) < 4.78 is 4.49. The summed E-state index contributed by atoms with van der Waals surface area (Å²) in [5.74, 6) is -1.29. The fraction of sp³-hybridized carbons (Fsp3) is 0.714. The SMILES string of the molecule is COC(=O)C1CCC1C(N)=O. The summed E-state index contributed by atoms with van der Waals surface area (Å²) in [4.78, 5) is 21.5. The van der Waals surface area contributed by atoms with Crippen LogP contribution in [0.25, 0.3) is 0 Å². The number of rotatable bonds is 2. The minimum absolute atomic E-state index is 0.280. The fourth-order valence-electron chi connectivity index (χ4n) is 1.27. The predicted octanol–water partition coefficient (Wildman–Crippen LogP) is -0.329. The smallest absolute Gasteiger partial charge is 0.309 e.